The van der Waals surface area contributed by atoms with Crippen molar-refractivity contribution >= 4 is 24.6 Å². The van der Waals surface area contributed by atoms with Crippen LogP contribution in [0.2, 0.25) is 0 Å². The number of thiol groups is 1. The van der Waals surface area contributed by atoms with E-state index < -0.39 is 5.91 Å². The van der Waals surface area contributed by atoms with E-state index in [9.17, 15) is 9.90 Å². The number of carbonyl (C=O) groups excluding carboxylic acids is 1. The maximum atomic E-state index is 11.2. The van der Waals surface area contributed by atoms with Gasteiger partial charge in [-0.1, -0.05) is 0 Å². The lowest BCUT2D eigenvalue weighted by Crippen LogP contribution is -2.23. The fourth-order valence-corrected chi connectivity index (χ4v) is 1.64. The minimum Gasteiger partial charge on any atom is -0.508 e. The van der Waals surface area contributed by atoms with Crippen molar-refractivity contribution in [1.82, 2.24) is 5.32 Å². The monoisotopic (exact) mass is 320 g/mol. The van der Waals surface area contributed by atoms with Gasteiger partial charge in [0.15, 0.2) is 0 Å². The number of aliphatic hydroxyl groups is 1. The van der Waals surface area contributed by atoms with Gasteiger partial charge in [0.2, 0.25) is 5.91 Å². The molecule has 1 aromatic carbocycles. The first-order valence-corrected chi connectivity index (χ1v) is 6.82. The summed E-state index contributed by atoms with van der Waals surface area (Å²) < 4.78 is 10.2. The van der Waals surface area contributed by atoms with Crippen LogP contribution >= 0.6 is 12.6 Å². The molecular formula is C15H16N2O4S. The highest BCUT2D eigenvalue weighted by Crippen LogP contribution is 2.24. The minimum atomic E-state index is -0.438. The molecule has 116 valence electrons. The molecule has 0 radical (unpaired) electrons. The molecule has 0 fully saturated rings. The van der Waals surface area contributed by atoms with Crippen LogP contribution in [-0.4, -0.2) is 31.0 Å². The zero-order valence-corrected chi connectivity index (χ0v) is 13.1. The van der Waals surface area contributed by atoms with Crippen LogP contribution < -0.4 is 14.8 Å². The Kier molecular flexibility index (Phi) is 6.86. The number of nitrogens with one attached hydrogen (secondary N) is 1. The normalized spacial score (nSPS) is 11.5. The minimum absolute atomic E-state index is 0.0589. The summed E-state index contributed by atoms with van der Waals surface area (Å²) in [4.78, 5) is 11.2. The number of nitrogens with zero attached hydrogens (tertiary/aromatic N) is 1. The molecule has 0 saturated carbocycles. The number of methoxy groups -OCH3 is 2. The Labute approximate surface area is 134 Å². The largest absolute Gasteiger partial charge is 0.508 e. The second kappa shape index (κ2) is 8.64. The van der Waals surface area contributed by atoms with Crippen LogP contribution in [0.15, 0.2) is 35.7 Å². The van der Waals surface area contributed by atoms with Gasteiger partial charge in [-0.3, -0.25) is 4.79 Å². The van der Waals surface area contributed by atoms with Crippen LogP contribution in [0.1, 0.15) is 5.56 Å². The number of amides is 1. The number of nitriles is 1. The van der Waals surface area contributed by atoms with Crippen LogP contribution in [0, 0.1) is 11.3 Å². The van der Waals surface area contributed by atoms with Crippen molar-refractivity contribution in [1.29, 1.82) is 5.26 Å². The van der Waals surface area contributed by atoms with Gasteiger partial charge in [0.05, 0.1) is 20.0 Å². The average molecular weight is 320 g/mol. The summed E-state index contributed by atoms with van der Waals surface area (Å²) in [6.07, 6.45) is 2.56. The zero-order valence-electron chi connectivity index (χ0n) is 12.2. The summed E-state index contributed by atoms with van der Waals surface area (Å²) in [7, 11) is 3.03. The van der Waals surface area contributed by atoms with Crippen LogP contribution in [-0.2, 0) is 4.79 Å². The average Bonchev–Trinajstić information content (AvgIpc) is 2.53. The summed E-state index contributed by atoms with van der Waals surface area (Å²) in [6.45, 7) is 0. The molecular weight excluding hydrogens is 304 g/mol. The lowest BCUT2D eigenvalue weighted by molar-refractivity contribution is -0.117. The van der Waals surface area contributed by atoms with E-state index in [0.29, 0.717) is 17.1 Å². The smallest absolute Gasteiger partial charge is 0.234 e. The molecule has 0 aliphatic rings. The van der Waals surface area contributed by atoms with Gasteiger partial charge in [0.25, 0.3) is 0 Å². The van der Waals surface area contributed by atoms with Crippen LogP contribution in [0.3, 0.4) is 0 Å². The van der Waals surface area contributed by atoms with E-state index in [-0.39, 0.29) is 17.2 Å². The Balaban J connectivity index is 3.05. The lowest BCUT2D eigenvalue weighted by atomic mass is 10.1. The maximum Gasteiger partial charge on any atom is 0.234 e. The maximum absolute atomic E-state index is 11.2. The van der Waals surface area contributed by atoms with Gasteiger partial charge < -0.3 is 19.9 Å². The highest BCUT2D eigenvalue weighted by Gasteiger charge is 2.04. The molecule has 0 atom stereocenters. The van der Waals surface area contributed by atoms with Crippen LogP contribution in [0.25, 0.3) is 6.08 Å². The fourth-order valence-electron chi connectivity index (χ4n) is 1.56. The number of hydrogen-bond acceptors (Lipinski definition) is 6. The van der Waals surface area contributed by atoms with Crippen LogP contribution in [0.5, 0.6) is 11.5 Å². The first kappa shape index (κ1) is 17.5. The van der Waals surface area contributed by atoms with Gasteiger partial charge in [-0.2, -0.15) is 17.9 Å². The fraction of sp³-hybridized carbons (Fsp3) is 0.200. The number of ether oxygens (including phenoxy) is 2. The Bertz CT molecular complexity index is 625. The highest BCUT2D eigenvalue weighted by atomic mass is 32.1. The first-order chi connectivity index (χ1) is 10.5. The van der Waals surface area contributed by atoms with E-state index in [4.69, 9.17) is 14.7 Å². The van der Waals surface area contributed by atoms with E-state index in [0.717, 1.165) is 6.08 Å². The number of aliphatic hydroxyl groups excluding tert-OH is 1. The quantitative estimate of drug-likeness (QED) is 0.323. The summed E-state index contributed by atoms with van der Waals surface area (Å²) in [5.41, 5.74) is 0.533. The molecule has 1 aromatic rings. The second-order valence-corrected chi connectivity index (χ2v) is 4.41. The van der Waals surface area contributed by atoms with E-state index in [1.807, 2.05) is 0 Å². The molecule has 0 aliphatic heterocycles. The molecule has 0 aliphatic carbocycles. The van der Waals surface area contributed by atoms with Gasteiger partial charge in [0, 0.05) is 12.1 Å². The number of hydrogen-bond donors (Lipinski definition) is 3. The molecule has 0 aromatic heterocycles. The third kappa shape index (κ3) is 5.42. The van der Waals surface area contributed by atoms with Gasteiger partial charge in [-0.05, 0) is 23.8 Å². The van der Waals surface area contributed by atoms with E-state index in [1.165, 1.54) is 20.3 Å². The van der Waals surface area contributed by atoms with Gasteiger partial charge in [0.1, 0.15) is 29.0 Å². The Hall–Kier alpha value is -2.59. The van der Waals surface area contributed by atoms with E-state index in [1.54, 1.807) is 24.3 Å². The van der Waals surface area contributed by atoms with Crippen molar-refractivity contribution in [2.75, 3.05) is 20.0 Å². The predicted octanol–water partition coefficient (Wildman–Crippen LogP) is 2.06. The number of benzene rings is 1. The summed E-state index contributed by atoms with van der Waals surface area (Å²) >= 11 is 3.79. The van der Waals surface area contributed by atoms with Crippen molar-refractivity contribution in [3.8, 4) is 17.6 Å². The summed E-state index contributed by atoms with van der Waals surface area (Å²) in [5.74, 6) is 0.423. The summed E-state index contributed by atoms with van der Waals surface area (Å²) in [6, 6.07) is 6.84. The Morgan fingerprint density at radius 1 is 1.36 bits per heavy atom. The van der Waals surface area contributed by atoms with Gasteiger partial charge in [-0.15, -0.1) is 0 Å². The molecule has 0 saturated heterocycles. The molecule has 2 N–H and O–H groups in total. The third-order valence-electron chi connectivity index (χ3n) is 2.52. The number of rotatable bonds is 6. The first-order valence-electron chi connectivity index (χ1n) is 6.18. The van der Waals surface area contributed by atoms with Crippen molar-refractivity contribution in [2.45, 2.75) is 0 Å². The van der Waals surface area contributed by atoms with Crippen molar-refractivity contribution in [3.63, 3.8) is 0 Å². The molecule has 0 heterocycles. The van der Waals surface area contributed by atoms with Crippen LogP contribution in [0.4, 0.5) is 0 Å². The molecule has 1 amide bonds. The lowest BCUT2D eigenvalue weighted by Gasteiger charge is -2.06. The molecule has 22 heavy (non-hydrogen) atoms. The van der Waals surface area contributed by atoms with Crippen molar-refractivity contribution in [3.05, 3.63) is 41.3 Å². The summed E-state index contributed by atoms with van der Waals surface area (Å²) in [5, 5.41) is 21.1. The number of carbonyl (C=O) groups is 1. The topological polar surface area (TPSA) is 91.6 Å². The van der Waals surface area contributed by atoms with Gasteiger partial charge in [-0.25, -0.2) is 0 Å². The zero-order chi connectivity index (χ0) is 16.5. The third-order valence-corrected chi connectivity index (χ3v) is 2.81. The van der Waals surface area contributed by atoms with E-state index >= 15 is 0 Å². The van der Waals surface area contributed by atoms with E-state index in [2.05, 4.69) is 17.9 Å². The van der Waals surface area contributed by atoms with Crippen molar-refractivity contribution in [2.24, 2.45) is 0 Å². The highest BCUT2D eigenvalue weighted by molar-refractivity contribution is 7.81. The molecule has 0 unspecified atom stereocenters. The SMILES string of the molecule is COc1cc(/C=C(O)\C=C(/C#N)NC(=O)CS)cc(OC)c1. The molecule has 6 nitrogen and oxygen atoms in total. The molecule has 0 bridgehead atoms. The molecule has 1 rings (SSSR count). The Morgan fingerprint density at radius 3 is 2.41 bits per heavy atom. The second-order valence-electron chi connectivity index (χ2n) is 4.09. The molecule has 0 spiro atoms. The standard InChI is InChI=1S/C15H16N2O4S/c1-20-13-4-10(5-14(7-13)21-2)3-12(18)6-11(8-16)17-15(19)9-22/h3-7,18,22H,9H2,1-2H3,(H,17,19)/b11-6+,12-3+. The molecule has 7 heteroatoms. The number of allylic oxidation sites excluding steroid dienone is 2. The Morgan fingerprint density at radius 2 is 1.95 bits per heavy atom. The predicted molar refractivity (Wildman–Crippen MR) is 85.8 cm³/mol. The van der Waals surface area contributed by atoms with Gasteiger partial charge >= 0.3 is 0 Å². The van der Waals surface area contributed by atoms with Crippen molar-refractivity contribution < 1.29 is 19.4 Å².